The lowest BCUT2D eigenvalue weighted by molar-refractivity contribution is -0.671. The van der Waals surface area contributed by atoms with Crippen molar-refractivity contribution in [3.8, 4) is 11.5 Å². The normalized spacial score (nSPS) is 10.7. The number of methoxy groups -OCH3 is 2. The predicted molar refractivity (Wildman–Crippen MR) is 76.1 cm³/mol. The van der Waals surface area contributed by atoms with E-state index in [0.717, 1.165) is 22.6 Å². The predicted octanol–water partition coefficient (Wildman–Crippen LogP) is 2.70. The van der Waals surface area contributed by atoms with Gasteiger partial charge in [0.1, 0.15) is 18.5 Å². The molecule has 3 heteroatoms. The lowest BCUT2D eigenvalue weighted by Crippen LogP contribution is -2.25. The number of nitrogens with zero attached hydrogens (tertiary/aromatic N) is 1. The van der Waals surface area contributed by atoms with E-state index < -0.39 is 0 Å². The second kappa shape index (κ2) is 6.05. The van der Waals surface area contributed by atoms with Gasteiger partial charge >= 0.3 is 0 Å². The Hall–Kier alpha value is -2.29. The Labute approximate surface area is 113 Å². The van der Waals surface area contributed by atoms with Crippen LogP contribution in [0.1, 0.15) is 11.1 Å². The first-order valence-electron chi connectivity index (χ1n) is 6.08. The van der Waals surface area contributed by atoms with Crippen LogP contribution in [0.15, 0.2) is 42.7 Å². The van der Waals surface area contributed by atoms with Crippen LogP contribution in [0.2, 0.25) is 0 Å². The SMILES string of the molecule is COc1ccc(OC)c(/C=C/c2cc[n+](C)cc2)c1. The van der Waals surface area contributed by atoms with E-state index in [1.54, 1.807) is 14.2 Å². The number of benzene rings is 1. The molecule has 0 aliphatic rings. The second-order valence-electron chi connectivity index (χ2n) is 4.24. The zero-order valence-electron chi connectivity index (χ0n) is 11.5. The first-order chi connectivity index (χ1) is 9.22. The van der Waals surface area contributed by atoms with Gasteiger partial charge < -0.3 is 9.47 Å². The molecule has 0 N–H and O–H groups in total. The molecule has 0 unspecified atom stereocenters. The van der Waals surface area contributed by atoms with Gasteiger partial charge in [0.2, 0.25) is 0 Å². The molecule has 19 heavy (non-hydrogen) atoms. The Bertz CT molecular complexity index is 574. The van der Waals surface area contributed by atoms with Gasteiger partial charge in [-0.05, 0) is 23.8 Å². The summed E-state index contributed by atoms with van der Waals surface area (Å²) in [4.78, 5) is 0. The Balaban J connectivity index is 2.28. The van der Waals surface area contributed by atoms with E-state index >= 15 is 0 Å². The summed E-state index contributed by atoms with van der Waals surface area (Å²) in [5.74, 6) is 1.65. The molecule has 3 nitrogen and oxygen atoms in total. The van der Waals surface area contributed by atoms with Crippen molar-refractivity contribution in [1.29, 1.82) is 0 Å². The molecule has 0 aliphatic carbocycles. The van der Waals surface area contributed by atoms with Gasteiger partial charge in [-0.15, -0.1) is 0 Å². The average molecular weight is 256 g/mol. The monoisotopic (exact) mass is 256 g/mol. The van der Waals surface area contributed by atoms with E-state index in [9.17, 15) is 0 Å². The third kappa shape index (κ3) is 3.35. The molecule has 0 aliphatic heterocycles. The summed E-state index contributed by atoms with van der Waals surface area (Å²) in [5.41, 5.74) is 2.14. The van der Waals surface area contributed by atoms with E-state index in [2.05, 4.69) is 18.2 Å². The topological polar surface area (TPSA) is 22.3 Å². The van der Waals surface area contributed by atoms with Crippen molar-refractivity contribution in [2.75, 3.05) is 14.2 Å². The minimum Gasteiger partial charge on any atom is -0.497 e. The number of hydrogen-bond acceptors (Lipinski definition) is 2. The molecular formula is C16H18NO2+. The van der Waals surface area contributed by atoms with Crippen LogP contribution in [0.5, 0.6) is 11.5 Å². The van der Waals surface area contributed by atoms with Crippen LogP contribution in [0.3, 0.4) is 0 Å². The number of pyridine rings is 1. The van der Waals surface area contributed by atoms with Crippen LogP contribution < -0.4 is 14.0 Å². The summed E-state index contributed by atoms with van der Waals surface area (Å²) >= 11 is 0. The molecule has 0 atom stereocenters. The lowest BCUT2D eigenvalue weighted by Gasteiger charge is -2.07. The molecule has 0 bridgehead atoms. The zero-order valence-corrected chi connectivity index (χ0v) is 11.5. The van der Waals surface area contributed by atoms with Gasteiger partial charge in [0.05, 0.1) is 14.2 Å². The summed E-state index contributed by atoms with van der Waals surface area (Å²) in [6.07, 6.45) is 8.11. The van der Waals surface area contributed by atoms with Crippen molar-refractivity contribution in [3.63, 3.8) is 0 Å². The molecule has 1 aromatic carbocycles. The quantitative estimate of drug-likeness (QED) is 0.785. The average Bonchev–Trinajstić information content (AvgIpc) is 2.46. The second-order valence-corrected chi connectivity index (χ2v) is 4.24. The summed E-state index contributed by atoms with van der Waals surface area (Å²) in [6.45, 7) is 0. The van der Waals surface area contributed by atoms with Gasteiger partial charge in [-0.2, -0.15) is 0 Å². The third-order valence-corrected chi connectivity index (χ3v) is 2.90. The number of ether oxygens (including phenoxy) is 2. The molecule has 1 heterocycles. The highest BCUT2D eigenvalue weighted by atomic mass is 16.5. The fourth-order valence-corrected chi connectivity index (χ4v) is 1.78. The van der Waals surface area contributed by atoms with Crippen molar-refractivity contribution in [1.82, 2.24) is 0 Å². The van der Waals surface area contributed by atoms with Gasteiger partial charge in [0.25, 0.3) is 0 Å². The molecular weight excluding hydrogens is 238 g/mol. The number of aromatic nitrogens is 1. The Morgan fingerprint density at radius 2 is 1.68 bits per heavy atom. The number of hydrogen-bond donors (Lipinski definition) is 0. The maximum atomic E-state index is 5.34. The summed E-state index contributed by atoms with van der Waals surface area (Å²) < 4.78 is 12.6. The van der Waals surface area contributed by atoms with E-state index in [0.29, 0.717) is 0 Å². The van der Waals surface area contributed by atoms with E-state index in [4.69, 9.17) is 9.47 Å². The van der Waals surface area contributed by atoms with Crippen LogP contribution in [-0.4, -0.2) is 14.2 Å². The fraction of sp³-hybridized carbons (Fsp3) is 0.188. The van der Waals surface area contributed by atoms with Gasteiger partial charge in [-0.1, -0.05) is 12.2 Å². The largest absolute Gasteiger partial charge is 0.497 e. The van der Waals surface area contributed by atoms with Crippen molar-refractivity contribution >= 4 is 12.2 Å². The van der Waals surface area contributed by atoms with Crippen LogP contribution in [0.25, 0.3) is 12.2 Å². The smallest absolute Gasteiger partial charge is 0.169 e. The fourth-order valence-electron chi connectivity index (χ4n) is 1.78. The van der Waals surface area contributed by atoms with Gasteiger partial charge in [0, 0.05) is 17.7 Å². The molecule has 2 rings (SSSR count). The summed E-state index contributed by atoms with van der Waals surface area (Å²) in [6, 6.07) is 9.87. The highest BCUT2D eigenvalue weighted by Gasteiger charge is 2.01. The van der Waals surface area contributed by atoms with Crippen LogP contribution in [0, 0.1) is 0 Å². The highest BCUT2D eigenvalue weighted by Crippen LogP contribution is 2.25. The third-order valence-electron chi connectivity index (χ3n) is 2.90. The van der Waals surface area contributed by atoms with Crippen LogP contribution in [-0.2, 0) is 7.05 Å². The number of aryl methyl sites for hydroxylation is 1. The van der Waals surface area contributed by atoms with E-state index in [1.165, 1.54) is 0 Å². The summed E-state index contributed by atoms with van der Waals surface area (Å²) in [7, 11) is 5.33. The number of rotatable bonds is 4. The lowest BCUT2D eigenvalue weighted by atomic mass is 10.1. The zero-order chi connectivity index (χ0) is 13.7. The minimum atomic E-state index is 0.819. The first-order valence-corrected chi connectivity index (χ1v) is 6.08. The van der Waals surface area contributed by atoms with E-state index in [-0.39, 0.29) is 0 Å². The molecule has 0 spiro atoms. The van der Waals surface area contributed by atoms with Crippen LogP contribution in [0.4, 0.5) is 0 Å². The standard InChI is InChI=1S/C16H18NO2/c1-17-10-8-13(9-11-17)4-5-14-12-15(18-2)6-7-16(14)19-3/h4-12H,1-3H3/q+1/b5-4+. The first kappa shape index (κ1) is 13.1. The maximum Gasteiger partial charge on any atom is 0.169 e. The molecule has 2 aromatic rings. The molecule has 0 fully saturated rings. The summed E-state index contributed by atoms with van der Waals surface area (Å²) in [5, 5.41) is 0. The molecule has 0 radical (unpaired) electrons. The van der Waals surface area contributed by atoms with E-state index in [1.807, 2.05) is 48.3 Å². The molecule has 1 aromatic heterocycles. The Morgan fingerprint density at radius 1 is 0.947 bits per heavy atom. The molecule has 0 saturated heterocycles. The van der Waals surface area contributed by atoms with Gasteiger partial charge in [-0.3, -0.25) is 0 Å². The molecule has 98 valence electrons. The van der Waals surface area contributed by atoms with Crippen molar-refractivity contribution in [3.05, 3.63) is 53.9 Å². The van der Waals surface area contributed by atoms with Gasteiger partial charge in [0.15, 0.2) is 12.4 Å². The van der Waals surface area contributed by atoms with Crippen molar-refractivity contribution < 1.29 is 14.0 Å². The minimum absolute atomic E-state index is 0.819. The van der Waals surface area contributed by atoms with Crippen molar-refractivity contribution in [2.45, 2.75) is 0 Å². The molecule has 0 amide bonds. The van der Waals surface area contributed by atoms with Crippen LogP contribution >= 0.6 is 0 Å². The highest BCUT2D eigenvalue weighted by molar-refractivity contribution is 5.73. The Kier molecular flexibility index (Phi) is 4.18. The van der Waals surface area contributed by atoms with Crippen molar-refractivity contribution in [2.24, 2.45) is 7.05 Å². The maximum absolute atomic E-state index is 5.34. The Morgan fingerprint density at radius 3 is 2.32 bits per heavy atom. The van der Waals surface area contributed by atoms with Gasteiger partial charge in [-0.25, -0.2) is 4.57 Å². The molecule has 0 saturated carbocycles.